The number of benzene rings is 2. The highest BCUT2D eigenvalue weighted by molar-refractivity contribution is 6.30. The van der Waals surface area contributed by atoms with E-state index < -0.39 is 6.10 Å². The molecule has 2 N–H and O–H groups in total. The van der Waals surface area contributed by atoms with E-state index >= 15 is 0 Å². The first kappa shape index (κ1) is 12.0. The van der Waals surface area contributed by atoms with Crippen LogP contribution in [0.25, 0.3) is 0 Å². The normalized spacial score (nSPS) is 12.1. The van der Waals surface area contributed by atoms with Crippen molar-refractivity contribution in [2.24, 2.45) is 0 Å². The highest BCUT2D eigenvalue weighted by Gasteiger charge is 2.05. The molecule has 2 nitrogen and oxygen atoms in total. The molecular weight excluding hydrogens is 234 g/mol. The van der Waals surface area contributed by atoms with Crippen molar-refractivity contribution in [1.82, 2.24) is 0 Å². The molecule has 0 radical (unpaired) electrons. The molecule has 0 fully saturated rings. The second kappa shape index (κ2) is 5.71. The topological polar surface area (TPSA) is 32.3 Å². The summed E-state index contributed by atoms with van der Waals surface area (Å²) in [6, 6.07) is 17.0. The first-order valence-corrected chi connectivity index (χ1v) is 5.86. The molecule has 3 heteroatoms. The first-order valence-electron chi connectivity index (χ1n) is 5.48. The van der Waals surface area contributed by atoms with Gasteiger partial charge in [-0.1, -0.05) is 41.9 Å². The van der Waals surface area contributed by atoms with Crippen molar-refractivity contribution in [1.29, 1.82) is 0 Å². The molecule has 2 rings (SSSR count). The van der Waals surface area contributed by atoms with Crippen molar-refractivity contribution in [2.75, 3.05) is 11.9 Å². The van der Waals surface area contributed by atoms with Gasteiger partial charge in [-0.05, 0) is 29.8 Å². The van der Waals surface area contributed by atoms with E-state index in [4.69, 9.17) is 11.6 Å². The van der Waals surface area contributed by atoms with Crippen molar-refractivity contribution < 1.29 is 5.11 Å². The highest BCUT2D eigenvalue weighted by Crippen LogP contribution is 2.16. The zero-order valence-corrected chi connectivity index (χ0v) is 10.1. The van der Waals surface area contributed by atoms with E-state index in [0.717, 1.165) is 11.3 Å². The number of hydrogen-bond donors (Lipinski definition) is 2. The van der Waals surface area contributed by atoms with Crippen LogP contribution in [0.15, 0.2) is 54.6 Å². The van der Waals surface area contributed by atoms with Gasteiger partial charge in [-0.3, -0.25) is 0 Å². The van der Waals surface area contributed by atoms with E-state index in [1.807, 2.05) is 54.6 Å². The fraction of sp³-hybridized carbons (Fsp3) is 0.143. The van der Waals surface area contributed by atoms with Crippen molar-refractivity contribution >= 4 is 17.3 Å². The Balaban J connectivity index is 1.92. The molecule has 0 heterocycles. The summed E-state index contributed by atoms with van der Waals surface area (Å²) < 4.78 is 0. The van der Waals surface area contributed by atoms with E-state index in [1.165, 1.54) is 0 Å². The van der Waals surface area contributed by atoms with Gasteiger partial charge in [0.25, 0.3) is 0 Å². The molecular formula is C14H14ClNO. The van der Waals surface area contributed by atoms with E-state index in [0.29, 0.717) is 11.6 Å². The minimum atomic E-state index is -0.508. The quantitative estimate of drug-likeness (QED) is 0.867. The van der Waals surface area contributed by atoms with E-state index in [1.54, 1.807) is 0 Å². The van der Waals surface area contributed by atoms with Crippen LogP contribution in [0.3, 0.4) is 0 Å². The molecule has 2 aromatic carbocycles. The lowest BCUT2D eigenvalue weighted by atomic mass is 10.1. The van der Waals surface area contributed by atoms with Gasteiger partial charge in [0, 0.05) is 17.3 Å². The predicted molar refractivity (Wildman–Crippen MR) is 71.3 cm³/mol. The third kappa shape index (κ3) is 3.48. The smallest absolute Gasteiger partial charge is 0.0962 e. The zero-order chi connectivity index (χ0) is 12.1. The van der Waals surface area contributed by atoms with Crippen molar-refractivity contribution in [3.63, 3.8) is 0 Å². The van der Waals surface area contributed by atoms with Crippen LogP contribution in [-0.4, -0.2) is 11.7 Å². The lowest BCUT2D eigenvalue weighted by Crippen LogP contribution is -2.11. The van der Waals surface area contributed by atoms with Crippen LogP contribution in [0.2, 0.25) is 5.02 Å². The number of halogens is 1. The van der Waals surface area contributed by atoms with Gasteiger partial charge in [-0.15, -0.1) is 0 Å². The van der Waals surface area contributed by atoms with E-state index in [2.05, 4.69) is 5.32 Å². The molecule has 2 aromatic rings. The average molecular weight is 248 g/mol. The second-order valence-electron chi connectivity index (χ2n) is 3.81. The molecule has 0 amide bonds. The van der Waals surface area contributed by atoms with Crippen LogP contribution in [0.4, 0.5) is 5.69 Å². The Morgan fingerprint density at radius 1 is 1.00 bits per heavy atom. The minimum absolute atomic E-state index is 0.478. The van der Waals surface area contributed by atoms with Crippen LogP contribution >= 0.6 is 11.6 Å². The van der Waals surface area contributed by atoms with Gasteiger partial charge >= 0.3 is 0 Å². The molecule has 0 spiro atoms. The van der Waals surface area contributed by atoms with Crippen LogP contribution in [0, 0.1) is 0 Å². The predicted octanol–water partition coefficient (Wildman–Crippen LogP) is 3.49. The maximum Gasteiger partial charge on any atom is 0.0962 e. The van der Waals surface area contributed by atoms with E-state index in [9.17, 15) is 5.11 Å². The third-order valence-electron chi connectivity index (χ3n) is 2.53. The molecule has 0 aliphatic heterocycles. The zero-order valence-electron chi connectivity index (χ0n) is 9.31. The fourth-order valence-electron chi connectivity index (χ4n) is 1.58. The van der Waals surface area contributed by atoms with Crippen LogP contribution in [0.5, 0.6) is 0 Å². The van der Waals surface area contributed by atoms with Crippen LogP contribution < -0.4 is 5.32 Å². The van der Waals surface area contributed by atoms with Crippen molar-refractivity contribution in [3.05, 3.63) is 65.2 Å². The SMILES string of the molecule is O[C@@H](CNc1ccc(Cl)cc1)c1ccccc1. The molecule has 0 aliphatic carbocycles. The minimum Gasteiger partial charge on any atom is -0.387 e. The number of rotatable bonds is 4. The summed E-state index contributed by atoms with van der Waals surface area (Å²) in [5.74, 6) is 0. The monoisotopic (exact) mass is 247 g/mol. The Bertz CT molecular complexity index is 455. The Morgan fingerprint density at radius 2 is 1.65 bits per heavy atom. The number of hydrogen-bond acceptors (Lipinski definition) is 2. The molecule has 0 saturated heterocycles. The lowest BCUT2D eigenvalue weighted by molar-refractivity contribution is 0.191. The number of anilines is 1. The second-order valence-corrected chi connectivity index (χ2v) is 4.25. The molecule has 88 valence electrons. The third-order valence-corrected chi connectivity index (χ3v) is 2.78. The molecule has 0 bridgehead atoms. The summed E-state index contributed by atoms with van der Waals surface area (Å²) in [5.41, 5.74) is 1.86. The Morgan fingerprint density at radius 3 is 2.29 bits per heavy atom. The van der Waals surface area contributed by atoms with Gasteiger partial charge in [0.05, 0.1) is 6.10 Å². The molecule has 1 atom stereocenters. The van der Waals surface area contributed by atoms with Crippen LogP contribution in [-0.2, 0) is 0 Å². The van der Waals surface area contributed by atoms with Crippen molar-refractivity contribution in [3.8, 4) is 0 Å². The molecule has 0 aromatic heterocycles. The van der Waals surface area contributed by atoms with Gasteiger partial charge in [-0.2, -0.15) is 0 Å². The largest absolute Gasteiger partial charge is 0.387 e. The van der Waals surface area contributed by atoms with Crippen molar-refractivity contribution in [2.45, 2.75) is 6.10 Å². The molecule has 0 unspecified atom stereocenters. The number of aliphatic hydroxyl groups excluding tert-OH is 1. The number of nitrogens with one attached hydrogen (secondary N) is 1. The summed E-state index contributed by atoms with van der Waals surface area (Å²) in [5, 5.41) is 13.8. The van der Waals surface area contributed by atoms with Gasteiger partial charge in [-0.25, -0.2) is 0 Å². The fourth-order valence-corrected chi connectivity index (χ4v) is 1.70. The maximum atomic E-state index is 9.95. The van der Waals surface area contributed by atoms with Gasteiger partial charge in [0.1, 0.15) is 0 Å². The summed E-state index contributed by atoms with van der Waals surface area (Å²) in [6.45, 7) is 0.478. The van der Waals surface area contributed by atoms with Gasteiger partial charge in [0.2, 0.25) is 0 Å². The van der Waals surface area contributed by atoms with Gasteiger partial charge in [0.15, 0.2) is 0 Å². The number of aliphatic hydroxyl groups is 1. The summed E-state index contributed by atoms with van der Waals surface area (Å²) in [4.78, 5) is 0. The van der Waals surface area contributed by atoms with Crippen LogP contribution in [0.1, 0.15) is 11.7 Å². The summed E-state index contributed by atoms with van der Waals surface area (Å²) in [7, 11) is 0. The maximum absolute atomic E-state index is 9.95. The highest BCUT2D eigenvalue weighted by atomic mass is 35.5. The standard InChI is InChI=1S/C14H14ClNO/c15-12-6-8-13(9-7-12)16-10-14(17)11-4-2-1-3-5-11/h1-9,14,16-17H,10H2/t14-/m0/s1. The lowest BCUT2D eigenvalue weighted by Gasteiger charge is -2.13. The van der Waals surface area contributed by atoms with E-state index in [-0.39, 0.29) is 0 Å². The first-order chi connectivity index (χ1) is 8.25. The summed E-state index contributed by atoms with van der Waals surface area (Å²) in [6.07, 6.45) is -0.508. The van der Waals surface area contributed by atoms with Gasteiger partial charge < -0.3 is 10.4 Å². The average Bonchev–Trinajstić information content (AvgIpc) is 2.39. The molecule has 0 saturated carbocycles. The Labute approximate surface area is 106 Å². The molecule has 0 aliphatic rings. The Kier molecular flexibility index (Phi) is 4.02. The summed E-state index contributed by atoms with van der Waals surface area (Å²) >= 11 is 5.79. The molecule has 17 heavy (non-hydrogen) atoms. The Hall–Kier alpha value is -1.51.